The number of hydrogen-bond donors (Lipinski definition) is 2. The molecule has 0 unspecified atom stereocenters. The summed E-state index contributed by atoms with van der Waals surface area (Å²) in [6.07, 6.45) is 0. The van der Waals surface area contributed by atoms with Crippen LogP contribution in [0.4, 0.5) is 10.1 Å². The summed E-state index contributed by atoms with van der Waals surface area (Å²) in [5, 5.41) is 11.8. The number of carbonyl (C=O) groups excluding carboxylic acids is 2. The first kappa shape index (κ1) is 19.7. The zero-order valence-corrected chi connectivity index (χ0v) is 15.0. The van der Waals surface area contributed by atoms with Gasteiger partial charge >= 0.3 is 5.97 Å². The Hall–Kier alpha value is -2.61. The van der Waals surface area contributed by atoms with E-state index >= 15 is 0 Å². The van der Waals surface area contributed by atoms with Crippen LogP contribution in [0.15, 0.2) is 29.5 Å². The standard InChI is InChI=1S/C18H23FN2O5/c1-11(2)10-26-15-5-4-12(8-14(15)19)20-16-13(18(24)25-3)9-21(6-7-22)17(16)23/h4-5,8,11,20,22H,6-7,9-10H2,1-3H3. The fraction of sp³-hybridized carbons (Fsp3) is 0.444. The minimum Gasteiger partial charge on any atom is -0.490 e. The normalized spacial score (nSPS) is 14.2. The lowest BCUT2D eigenvalue weighted by molar-refractivity contribution is -0.136. The van der Waals surface area contributed by atoms with Gasteiger partial charge in [0.1, 0.15) is 5.70 Å². The molecular weight excluding hydrogens is 343 g/mol. The maximum absolute atomic E-state index is 14.2. The van der Waals surface area contributed by atoms with Gasteiger partial charge in [0.15, 0.2) is 11.6 Å². The number of ether oxygens (including phenoxy) is 2. The summed E-state index contributed by atoms with van der Waals surface area (Å²) in [4.78, 5) is 25.7. The minimum absolute atomic E-state index is 0.0144. The van der Waals surface area contributed by atoms with E-state index in [1.54, 1.807) is 6.07 Å². The number of hydrogen-bond acceptors (Lipinski definition) is 6. The molecule has 2 rings (SSSR count). The average Bonchev–Trinajstić information content (AvgIpc) is 2.90. The van der Waals surface area contributed by atoms with Crippen LogP contribution in [0.25, 0.3) is 0 Å². The fourth-order valence-corrected chi connectivity index (χ4v) is 2.45. The molecule has 7 nitrogen and oxygen atoms in total. The summed E-state index contributed by atoms with van der Waals surface area (Å²) in [5.74, 6) is -1.31. The molecule has 1 amide bonds. The molecule has 1 aliphatic rings. The Balaban J connectivity index is 2.22. The van der Waals surface area contributed by atoms with Crippen LogP contribution in [0.5, 0.6) is 5.75 Å². The minimum atomic E-state index is -0.654. The van der Waals surface area contributed by atoms with Gasteiger partial charge in [0.25, 0.3) is 5.91 Å². The average molecular weight is 366 g/mol. The van der Waals surface area contributed by atoms with E-state index in [9.17, 15) is 14.0 Å². The van der Waals surface area contributed by atoms with E-state index in [0.29, 0.717) is 12.3 Å². The van der Waals surface area contributed by atoms with E-state index in [0.717, 1.165) is 0 Å². The largest absolute Gasteiger partial charge is 0.490 e. The molecule has 0 saturated carbocycles. The Morgan fingerprint density at radius 2 is 2.15 bits per heavy atom. The predicted octanol–water partition coefficient (Wildman–Crippen LogP) is 1.53. The monoisotopic (exact) mass is 366 g/mol. The molecule has 0 aliphatic carbocycles. The van der Waals surface area contributed by atoms with E-state index in [1.165, 1.54) is 24.1 Å². The molecule has 0 spiro atoms. The van der Waals surface area contributed by atoms with Crippen LogP contribution in [0, 0.1) is 11.7 Å². The molecule has 8 heteroatoms. The zero-order valence-electron chi connectivity index (χ0n) is 15.0. The number of nitrogens with one attached hydrogen (secondary N) is 1. The smallest absolute Gasteiger partial charge is 0.337 e. The van der Waals surface area contributed by atoms with Crippen molar-refractivity contribution in [1.29, 1.82) is 0 Å². The van der Waals surface area contributed by atoms with Crippen LogP contribution in [0.2, 0.25) is 0 Å². The number of esters is 1. The molecule has 142 valence electrons. The molecule has 0 bridgehead atoms. The van der Waals surface area contributed by atoms with Gasteiger partial charge in [0.05, 0.1) is 32.4 Å². The Morgan fingerprint density at radius 3 is 2.73 bits per heavy atom. The summed E-state index contributed by atoms with van der Waals surface area (Å²) in [6, 6.07) is 4.21. The van der Waals surface area contributed by atoms with Crippen molar-refractivity contribution in [3.8, 4) is 5.75 Å². The zero-order chi connectivity index (χ0) is 19.3. The van der Waals surface area contributed by atoms with Gasteiger partial charge in [0.2, 0.25) is 0 Å². The van der Waals surface area contributed by atoms with E-state index in [4.69, 9.17) is 14.6 Å². The molecule has 1 aromatic rings. The molecule has 1 aromatic carbocycles. The summed E-state index contributed by atoms with van der Waals surface area (Å²) in [6.45, 7) is 4.17. The van der Waals surface area contributed by atoms with Crippen molar-refractivity contribution < 1.29 is 28.6 Å². The number of benzene rings is 1. The lowest BCUT2D eigenvalue weighted by Crippen LogP contribution is -2.31. The molecule has 0 atom stereocenters. The number of rotatable bonds is 8. The maximum Gasteiger partial charge on any atom is 0.337 e. The van der Waals surface area contributed by atoms with Gasteiger partial charge in [-0.25, -0.2) is 9.18 Å². The van der Waals surface area contributed by atoms with Gasteiger partial charge < -0.3 is 24.8 Å². The van der Waals surface area contributed by atoms with Gasteiger partial charge in [0, 0.05) is 18.3 Å². The number of anilines is 1. The van der Waals surface area contributed by atoms with Crippen molar-refractivity contribution in [1.82, 2.24) is 4.90 Å². The Labute approximate surface area is 151 Å². The second kappa shape index (κ2) is 8.66. The van der Waals surface area contributed by atoms with Crippen molar-refractivity contribution in [2.24, 2.45) is 5.92 Å². The number of methoxy groups -OCH3 is 1. The first-order valence-corrected chi connectivity index (χ1v) is 8.28. The van der Waals surface area contributed by atoms with Crippen molar-refractivity contribution in [3.05, 3.63) is 35.3 Å². The van der Waals surface area contributed by atoms with Crippen molar-refractivity contribution in [2.45, 2.75) is 13.8 Å². The van der Waals surface area contributed by atoms with Crippen LogP contribution >= 0.6 is 0 Å². The third kappa shape index (κ3) is 4.51. The number of amides is 1. The molecule has 1 aliphatic heterocycles. The van der Waals surface area contributed by atoms with Crippen LogP contribution in [0.1, 0.15) is 13.8 Å². The second-order valence-corrected chi connectivity index (χ2v) is 6.27. The van der Waals surface area contributed by atoms with Crippen molar-refractivity contribution >= 4 is 17.6 Å². The number of halogens is 1. The van der Waals surface area contributed by atoms with E-state index in [2.05, 4.69) is 5.32 Å². The molecular formula is C18H23FN2O5. The highest BCUT2D eigenvalue weighted by Gasteiger charge is 2.34. The first-order chi connectivity index (χ1) is 12.4. The number of β-amino-alcohol motifs (C(OH)–C–C–N with tert-alkyl or cyclic N) is 1. The number of carbonyl (C=O) groups is 2. The van der Waals surface area contributed by atoms with Gasteiger partial charge in [-0.2, -0.15) is 0 Å². The number of aliphatic hydroxyl groups is 1. The Morgan fingerprint density at radius 1 is 1.42 bits per heavy atom. The lowest BCUT2D eigenvalue weighted by Gasteiger charge is -2.15. The number of aliphatic hydroxyl groups excluding tert-OH is 1. The highest BCUT2D eigenvalue weighted by molar-refractivity contribution is 6.08. The summed E-state index contributed by atoms with van der Waals surface area (Å²) >= 11 is 0. The van der Waals surface area contributed by atoms with Gasteiger partial charge in [-0.1, -0.05) is 13.8 Å². The Bertz CT molecular complexity index is 718. The van der Waals surface area contributed by atoms with Crippen LogP contribution in [-0.4, -0.2) is 55.3 Å². The Kier molecular flexibility index (Phi) is 6.57. The van der Waals surface area contributed by atoms with Gasteiger partial charge in [-0.3, -0.25) is 4.79 Å². The highest BCUT2D eigenvalue weighted by atomic mass is 19.1. The number of nitrogens with zero attached hydrogens (tertiary/aromatic N) is 1. The van der Waals surface area contributed by atoms with Gasteiger partial charge in [-0.15, -0.1) is 0 Å². The quantitative estimate of drug-likeness (QED) is 0.679. The van der Waals surface area contributed by atoms with Crippen molar-refractivity contribution in [2.75, 3.05) is 38.7 Å². The molecule has 1 heterocycles. The highest BCUT2D eigenvalue weighted by Crippen LogP contribution is 2.26. The van der Waals surface area contributed by atoms with Crippen molar-refractivity contribution in [3.63, 3.8) is 0 Å². The van der Waals surface area contributed by atoms with Crippen LogP contribution in [0.3, 0.4) is 0 Å². The molecule has 0 saturated heterocycles. The molecule has 0 radical (unpaired) electrons. The van der Waals surface area contributed by atoms with E-state index in [1.807, 2.05) is 13.8 Å². The maximum atomic E-state index is 14.2. The molecule has 0 aromatic heterocycles. The SMILES string of the molecule is COC(=O)C1=C(Nc2ccc(OCC(C)C)c(F)c2)C(=O)N(CCO)C1. The predicted molar refractivity (Wildman–Crippen MR) is 93.1 cm³/mol. The molecule has 26 heavy (non-hydrogen) atoms. The topological polar surface area (TPSA) is 88.1 Å². The fourth-order valence-electron chi connectivity index (χ4n) is 2.45. The van der Waals surface area contributed by atoms with Crippen LogP contribution < -0.4 is 10.1 Å². The lowest BCUT2D eigenvalue weighted by atomic mass is 10.2. The second-order valence-electron chi connectivity index (χ2n) is 6.27. The van der Waals surface area contributed by atoms with Gasteiger partial charge in [-0.05, 0) is 18.1 Å². The van der Waals surface area contributed by atoms with E-state index < -0.39 is 17.7 Å². The molecule has 2 N–H and O–H groups in total. The summed E-state index contributed by atoms with van der Waals surface area (Å²) in [5.41, 5.74) is 0.446. The third-order valence-corrected chi connectivity index (χ3v) is 3.73. The first-order valence-electron chi connectivity index (χ1n) is 8.28. The summed E-state index contributed by atoms with van der Waals surface area (Å²) < 4.78 is 24.3. The third-order valence-electron chi connectivity index (χ3n) is 3.73. The molecule has 0 fully saturated rings. The van der Waals surface area contributed by atoms with Crippen LogP contribution in [-0.2, 0) is 14.3 Å². The summed E-state index contributed by atoms with van der Waals surface area (Å²) in [7, 11) is 1.21. The van der Waals surface area contributed by atoms with E-state index in [-0.39, 0.29) is 42.6 Å².